The molecule has 3 heterocycles. The molecule has 2 aliphatic heterocycles. The van der Waals surface area contributed by atoms with Crippen molar-refractivity contribution < 1.29 is 4.79 Å². The number of urea groups is 1. The molecule has 0 unspecified atom stereocenters. The lowest BCUT2D eigenvalue weighted by Gasteiger charge is -2.29. The van der Waals surface area contributed by atoms with Gasteiger partial charge in [0.15, 0.2) is 0 Å². The summed E-state index contributed by atoms with van der Waals surface area (Å²) in [6.45, 7) is 4.82. The van der Waals surface area contributed by atoms with Crippen LogP contribution in [-0.2, 0) is 6.54 Å². The Balaban J connectivity index is 1.42. The summed E-state index contributed by atoms with van der Waals surface area (Å²) in [7, 11) is 2.12. The number of carbonyl (C=O) groups is 1. The van der Waals surface area contributed by atoms with E-state index in [4.69, 9.17) is 0 Å². The Morgan fingerprint density at radius 3 is 2.48 bits per heavy atom. The quantitative estimate of drug-likeness (QED) is 0.879. The van der Waals surface area contributed by atoms with E-state index in [9.17, 15) is 4.79 Å². The molecular formula is C19H31N5O. The lowest BCUT2D eigenvalue weighted by atomic mass is 10.1. The fraction of sp³-hybridized carbons (Fsp3) is 0.684. The van der Waals surface area contributed by atoms with Gasteiger partial charge in [-0.05, 0) is 57.5 Å². The van der Waals surface area contributed by atoms with Crippen molar-refractivity contribution in [2.24, 2.45) is 0 Å². The molecule has 0 saturated carbocycles. The van der Waals surface area contributed by atoms with E-state index in [0.29, 0.717) is 12.6 Å². The Labute approximate surface area is 151 Å². The molecule has 6 heteroatoms. The molecule has 0 atom stereocenters. The smallest absolute Gasteiger partial charge is 0.315 e. The van der Waals surface area contributed by atoms with E-state index in [1.54, 1.807) is 0 Å². The van der Waals surface area contributed by atoms with Gasteiger partial charge in [0.2, 0.25) is 0 Å². The highest BCUT2D eigenvalue weighted by Gasteiger charge is 2.18. The van der Waals surface area contributed by atoms with Crippen LogP contribution in [-0.4, -0.2) is 55.2 Å². The van der Waals surface area contributed by atoms with Crippen LogP contribution in [0.4, 0.5) is 10.6 Å². The fourth-order valence-corrected chi connectivity index (χ4v) is 3.58. The number of hydrogen-bond donors (Lipinski definition) is 2. The molecule has 0 aliphatic carbocycles. The summed E-state index contributed by atoms with van der Waals surface area (Å²) < 4.78 is 0. The van der Waals surface area contributed by atoms with E-state index < -0.39 is 0 Å². The summed E-state index contributed by atoms with van der Waals surface area (Å²) in [5.41, 5.74) is 1.04. The number of hydrogen-bond acceptors (Lipinski definition) is 4. The van der Waals surface area contributed by atoms with Crippen molar-refractivity contribution in [3.63, 3.8) is 0 Å². The van der Waals surface area contributed by atoms with Crippen LogP contribution in [0.25, 0.3) is 0 Å². The Bertz CT molecular complexity index is 531. The van der Waals surface area contributed by atoms with Crippen LogP contribution in [0, 0.1) is 0 Å². The Kier molecular flexibility index (Phi) is 6.50. The van der Waals surface area contributed by atoms with E-state index in [-0.39, 0.29) is 6.03 Å². The molecule has 2 N–H and O–H groups in total. The lowest BCUT2D eigenvalue weighted by molar-refractivity contribution is 0.213. The molecular weight excluding hydrogens is 314 g/mol. The van der Waals surface area contributed by atoms with Gasteiger partial charge in [0.25, 0.3) is 0 Å². The standard InChI is InChI=1S/C19H31N5O/c1-23-12-8-17(9-13-23)22-19(25)21-15-16-6-7-18(20-14-16)24-10-4-2-3-5-11-24/h6-7,14,17H,2-5,8-13,15H2,1H3,(H2,21,22,25). The molecule has 2 aliphatic rings. The third kappa shape index (κ3) is 5.59. The van der Waals surface area contributed by atoms with Gasteiger partial charge in [-0.2, -0.15) is 0 Å². The Morgan fingerprint density at radius 2 is 1.84 bits per heavy atom. The number of nitrogens with one attached hydrogen (secondary N) is 2. The first kappa shape index (κ1) is 18.0. The van der Waals surface area contributed by atoms with Crippen LogP contribution in [0.15, 0.2) is 18.3 Å². The van der Waals surface area contributed by atoms with Crippen LogP contribution in [0.1, 0.15) is 44.1 Å². The second-order valence-electron chi connectivity index (χ2n) is 7.33. The monoisotopic (exact) mass is 345 g/mol. The third-order valence-electron chi connectivity index (χ3n) is 5.25. The van der Waals surface area contributed by atoms with Crippen LogP contribution in [0.5, 0.6) is 0 Å². The van der Waals surface area contributed by atoms with Crippen molar-refractivity contribution in [3.05, 3.63) is 23.9 Å². The molecule has 0 aromatic carbocycles. The first-order chi connectivity index (χ1) is 12.2. The van der Waals surface area contributed by atoms with Crippen molar-refractivity contribution in [1.82, 2.24) is 20.5 Å². The molecule has 6 nitrogen and oxygen atoms in total. The van der Waals surface area contributed by atoms with Crippen LogP contribution >= 0.6 is 0 Å². The second-order valence-corrected chi connectivity index (χ2v) is 7.33. The van der Waals surface area contributed by atoms with Gasteiger partial charge < -0.3 is 20.4 Å². The van der Waals surface area contributed by atoms with E-state index in [2.05, 4.69) is 44.6 Å². The number of pyridine rings is 1. The minimum absolute atomic E-state index is 0.0776. The number of aromatic nitrogens is 1. The number of piperidine rings is 1. The second kappa shape index (κ2) is 9.04. The highest BCUT2D eigenvalue weighted by Crippen LogP contribution is 2.17. The van der Waals surface area contributed by atoms with Gasteiger partial charge in [-0.1, -0.05) is 18.9 Å². The van der Waals surface area contributed by atoms with Crippen LogP contribution < -0.4 is 15.5 Å². The average molecular weight is 345 g/mol. The van der Waals surface area contributed by atoms with Gasteiger partial charge in [0, 0.05) is 31.9 Å². The average Bonchev–Trinajstić information content (AvgIpc) is 2.92. The summed E-state index contributed by atoms with van der Waals surface area (Å²) in [4.78, 5) is 21.3. The van der Waals surface area contributed by atoms with Gasteiger partial charge >= 0.3 is 6.03 Å². The minimum Gasteiger partial charge on any atom is -0.357 e. The molecule has 25 heavy (non-hydrogen) atoms. The Hall–Kier alpha value is -1.82. The maximum absolute atomic E-state index is 12.1. The summed E-state index contributed by atoms with van der Waals surface area (Å²) in [6.07, 6.45) is 9.09. The largest absolute Gasteiger partial charge is 0.357 e. The lowest BCUT2D eigenvalue weighted by Crippen LogP contribution is -2.46. The molecule has 1 aromatic heterocycles. The molecule has 0 spiro atoms. The molecule has 0 radical (unpaired) electrons. The SMILES string of the molecule is CN1CCC(NC(=O)NCc2ccc(N3CCCCCC3)nc2)CC1. The number of rotatable bonds is 4. The summed E-state index contributed by atoms with van der Waals surface area (Å²) in [5, 5.41) is 6.02. The number of anilines is 1. The number of likely N-dealkylation sites (tertiary alicyclic amines) is 1. The summed E-state index contributed by atoms with van der Waals surface area (Å²) >= 11 is 0. The first-order valence-electron chi connectivity index (χ1n) is 9.63. The summed E-state index contributed by atoms with van der Waals surface area (Å²) in [5.74, 6) is 1.06. The van der Waals surface area contributed by atoms with E-state index in [0.717, 1.165) is 50.4 Å². The molecule has 2 fully saturated rings. The van der Waals surface area contributed by atoms with Crippen molar-refractivity contribution in [2.45, 2.75) is 51.1 Å². The Morgan fingerprint density at radius 1 is 1.12 bits per heavy atom. The number of nitrogens with zero attached hydrogens (tertiary/aromatic N) is 3. The third-order valence-corrected chi connectivity index (χ3v) is 5.25. The van der Waals surface area contributed by atoms with E-state index >= 15 is 0 Å². The molecule has 2 amide bonds. The predicted molar refractivity (Wildman–Crippen MR) is 101 cm³/mol. The zero-order chi connectivity index (χ0) is 17.5. The molecule has 1 aromatic rings. The van der Waals surface area contributed by atoms with Crippen LogP contribution in [0.3, 0.4) is 0 Å². The maximum Gasteiger partial charge on any atom is 0.315 e. The molecule has 2 saturated heterocycles. The minimum atomic E-state index is -0.0776. The fourth-order valence-electron chi connectivity index (χ4n) is 3.58. The van der Waals surface area contributed by atoms with Crippen molar-refractivity contribution in [3.8, 4) is 0 Å². The molecule has 138 valence electrons. The highest BCUT2D eigenvalue weighted by molar-refractivity contribution is 5.74. The van der Waals surface area contributed by atoms with Crippen molar-refractivity contribution in [2.75, 3.05) is 38.1 Å². The topological polar surface area (TPSA) is 60.5 Å². The van der Waals surface area contributed by atoms with Gasteiger partial charge in [-0.15, -0.1) is 0 Å². The zero-order valence-corrected chi connectivity index (χ0v) is 15.3. The predicted octanol–water partition coefficient (Wildman–Crippen LogP) is 2.36. The maximum atomic E-state index is 12.1. The van der Waals surface area contributed by atoms with Crippen molar-refractivity contribution in [1.29, 1.82) is 0 Å². The van der Waals surface area contributed by atoms with E-state index in [1.807, 2.05) is 6.20 Å². The number of amides is 2. The van der Waals surface area contributed by atoms with E-state index in [1.165, 1.54) is 25.7 Å². The first-order valence-corrected chi connectivity index (χ1v) is 9.63. The van der Waals surface area contributed by atoms with Gasteiger partial charge in [-0.3, -0.25) is 0 Å². The summed E-state index contributed by atoms with van der Waals surface area (Å²) in [6, 6.07) is 4.37. The normalized spacial score (nSPS) is 20.1. The zero-order valence-electron chi connectivity index (χ0n) is 15.3. The van der Waals surface area contributed by atoms with Gasteiger partial charge in [0.1, 0.15) is 5.82 Å². The highest BCUT2D eigenvalue weighted by atomic mass is 16.2. The number of carbonyl (C=O) groups excluding carboxylic acids is 1. The molecule has 3 rings (SSSR count). The van der Waals surface area contributed by atoms with Gasteiger partial charge in [-0.25, -0.2) is 9.78 Å². The van der Waals surface area contributed by atoms with Gasteiger partial charge in [0.05, 0.1) is 0 Å². The molecule has 0 bridgehead atoms. The van der Waals surface area contributed by atoms with Crippen LogP contribution in [0.2, 0.25) is 0 Å². The van der Waals surface area contributed by atoms with Crippen molar-refractivity contribution >= 4 is 11.8 Å².